The van der Waals surface area contributed by atoms with E-state index in [0.717, 1.165) is 17.7 Å². The average molecular weight is 358 g/mol. The van der Waals surface area contributed by atoms with Crippen LogP contribution < -0.4 is 10.6 Å². The largest absolute Gasteiger partial charge is 0.324 e. The molecule has 1 atom stereocenters. The number of anilines is 2. The van der Waals surface area contributed by atoms with Crippen molar-refractivity contribution in [2.45, 2.75) is 25.8 Å². The van der Waals surface area contributed by atoms with E-state index < -0.39 is 6.04 Å². The highest BCUT2D eigenvalue weighted by Gasteiger charge is 2.34. The minimum Gasteiger partial charge on any atom is -0.324 e. The van der Waals surface area contributed by atoms with Crippen LogP contribution in [0, 0.1) is 6.92 Å². The first kappa shape index (κ1) is 17.3. The number of rotatable bonds is 3. The van der Waals surface area contributed by atoms with Crippen molar-refractivity contribution in [1.29, 1.82) is 0 Å². The fraction of sp³-hybridized carbons (Fsp3) is 0.263. The van der Waals surface area contributed by atoms with Gasteiger partial charge in [0, 0.05) is 22.9 Å². The molecule has 0 bridgehead atoms. The Hall–Kier alpha value is -2.53. The summed E-state index contributed by atoms with van der Waals surface area (Å²) in [5.74, 6) is -0.166. The Morgan fingerprint density at radius 2 is 1.84 bits per heavy atom. The molecule has 25 heavy (non-hydrogen) atoms. The van der Waals surface area contributed by atoms with Crippen molar-refractivity contribution in [3.8, 4) is 0 Å². The first-order valence-electron chi connectivity index (χ1n) is 8.24. The summed E-state index contributed by atoms with van der Waals surface area (Å²) in [7, 11) is 0. The van der Waals surface area contributed by atoms with Crippen LogP contribution in [0.4, 0.5) is 16.2 Å². The Labute approximate surface area is 152 Å². The van der Waals surface area contributed by atoms with Crippen LogP contribution in [0.1, 0.15) is 18.4 Å². The Bertz CT molecular complexity index is 779. The summed E-state index contributed by atoms with van der Waals surface area (Å²) in [6.07, 6.45) is 1.45. The van der Waals surface area contributed by atoms with E-state index in [9.17, 15) is 9.59 Å². The summed E-state index contributed by atoms with van der Waals surface area (Å²) >= 11 is 6.10. The van der Waals surface area contributed by atoms with Crippen molar-refractivity contribution >= 4 is 34.9 Å². The van der Waals surface area contributed by atoms with Gasteiger partial charge in [-0.15, -0.1) is 0 Å². The number of nitrogens with zero attached hydrogens (tertiary/aromatic N) is 1. The molecule has 0 aromatic heterocycles. The summed E-state index contributed by atoms with van der Waals surface area (Å²) in [6, 6.07) is 13.9. The van der Waals surface area contributed by atoms with Crippen LogP contribution in [0.5, 0.6) is 0 Å². The number of likely N-dealkylation sites (tertiary alicyclic amines) is 1. The number of benzene rings is 2. The van der Waals surface area contributed by atoms with E-state index in [2.05, 4.69) is 10.6 Å². The Balaban J connectivity index is 1.66. The van der Waals surface area contributed by atoms with Crippen LogP contribution in [0.15, 0.2) is 48.5 Å². The van der Waals surface area contributed by atoms with Gasteiger partial charge >= 0.3 is 6.03 Å². The minimum atomic E-state index is -0.471. The maximum atomic E-state index is 12.6. The van der Waals surface area contributed by atoms with Crippen LogP contribution in [-0.2, 0) is 4.79 Å². The van der Waals surface area contributed by atoms with E-state index in [-0.39, 0.29) is 11.9 Å². The van der Waals surface area contributed by atoms with Gasteiger partial charge in [-0.2, -0.15) is 0 Å². The molecule has 0 aliphatic carbocycles. The standard InChI is InChI=1S/C19H20ClN3O2/c1-13-9-10-15(12-16(13)20)22-19(25)23-11-5-8-17(23)18(24)21-14-6-3-2-4-7-14/h2-4,6-7,9-10,12,17H,5,8,11H2,1H3,(H,21,24)(H,22,25). The van der Waals surface area contributed by atoms with E-state index in [1.807, 2.05) is 43.3 Å². The first-order chi connectivity index (χ1) is 12.0. The third kappa shape index (κ3) is 4.12. The monoisotopic (exact) mass is 357 g/mol. The van der Waals surface area contributed by atoms with Crippen LogP contribution in [-0.4, -0.2) is 29.4 Å². The Morgan fingerprint density at radius 1 is 1.08 bits per heavy atom. The summed E-state index contributed by atoms with van der Waals surface area (Å²) < 4.78 is 0. The fourth-order valence-corrected chi connectivity index (χ4v) is 3.08. The molecule has 1 aliphatic rings. The van der Waals surface area contributed by atoms with Gasteiger partial charge in [0.1, 0.15) is 6.04 Å². The van der Waals surface area contributed by atoms with Gasteiger partial charge in [0.05, 0.1) is 0 Å². The molecular formula is C19H20ClN3O2. The zero-order valence-electron chi connectivity index (χ0n) is 14.0. The molecule has 6 heteroatoms. The number of para-hydroxylation sites is 1. The van der Waals surface area contributed by atoms with Crippen molar-refractivity contribution in [2.75, 3.05) is 17.2 Å². The second kappa shape index (κ2) is 7.57. The van der Waals surface area contributed by atoms with E-state index in [0.29, 0.717) is 23.7 Å². The minimum absolute atomic E-state index is 0.166. The van der Waals surface area contributed by atoms with Crippen molar-refractivity contribution in [3.05, 3.63) is 59.1 Å². The number of hydrogen-bond acceptors (Lipinski definition) is 2. The number of urea groups is 1. The van der Waals surface area contributed by atoms with Crippen molar-refractivity contribution in [1.82, 2.24) is 4.90 Å². The first-order valence-corrected chi connectivity index (χ1v) is 8.62. The molecule has 130 valence electrons. The van der Waals surface area contributed by atoms with Crippen molar-refractivity contribution < 1.29 is 9.59 Å². The lowest BCUT2D eigenvalue weighted by Gasteiger charge is -2.24. The van der Waals surface area contributed by atoms with Crippen LogP contribution >= 0.6 is 11.6 Å². The van der Waals surface area contributed by atoms with Crippen molar-refractivity contribution in [3.63, 3.8) is 0 Å². The number of carbonyl (C=O) groups excluding carboxylic acids is 2. The van der Waals surface area contributed by atoms with E-state index in [4.69, 9.17) is 11.6 Å². The molecule has 1 unspecified atom stereocenters. The van der Waals surface area contributed by atoms with E-state index in [1.165, 1.54) is 0 Å². The maximum absolute atomic E-state index is 12.6. The predicted molar refractivity (Wildman–Crippen MR) is 100 cm³/mol. The molecule has 1 heterocycles. The fourth-order valence-electron chi connectivity index (χ4n) is 2.90. The number of carbonyl (C=O) groups is 2. The lowest BCUT2D eigenvalue weighted by Crippen LogP contribution is -2.45. The van der Waals surface area contributed by atoms with Gasteiger partial charge < -0.3 is 15.5 Å². The second-order valence-electron chi connectivity index (χ2n) is 6.10. The predicted octanol–water partition coefficient (Wildman–Crippen LogP) is 4.28. The molecular weight excluding hydrogens is 338 g/mol. The number of nitrogens with one attached hydrogen (secondary N) is 2. The van der Waals surface area contributed by atoms with Gasteiger partial charge in [-0.1, -0.05) is 35.9 Å². The lowest BCUT2D eigenvalue weighted by molar-refractivity contribution is -0.119. The Morgan fingerprint density at radius 3 is 2.56 bits per heavy atom. The third-order valence-electron chi connectivity index (χ3n) is 4.28. The topological polar surface area (TPSA) is 61.4 Å². The van der Waals surface area contributed by atoms with Gasteiger partial charge in [-0.3, -0.25) is 4.79 Å². The highest BCUT2D eigenvalue weighted by molar-refractivity contribution is 6.31. The Kier molecular flexibility index (Phi) is 5.24. The highest BCUT2D eigenvalue weighted by atomic mass is 35.5. The zero-order chi connectivity index (χ0) is 17.8. The molecule has 1 saturated heterocycles. The molecule has 1 aliphatic heterocycles. The summed E-state index contributed by atoms with van der Waals surface area (Å²) in [5, 5.41) is 6.29. The molecule has 0 spiro atoms. The summed E-state index contributed by atoms with van der Waals surface area (Å²) in [6.45, 7) is 2.46. The average Bonchev–Trinajstić information content (AvgIpc) is 3.09. The molecule has 2 aromatic rings. The van der Waals surface area contributed by atoms with Gasteiger partial charge in [-0.25, -0.2) is 4.79 Å². The number of aryl methyl sites for hydroxylation is 1. The van der Waals surface area contributed by atoms with Crippen molar-refractivity contribution in [2.24, 2.45) is 0 Å². The van der Waals surface area contributed by atoms with Crippen LogP contribution in [0.3, 0.4) is 0 Å². The second-order valence-corrected chi connectivity index (χ2v) is 6.51. The SMILES string of the molecule is Cc1ccc(NC(=O)N2CCCC2C(=O)Nc2ccccc2)cc1Cl. The normalized spacial score (nSPS) is 16.6. The summed E-state index contributed by atoms with van der Waals surface area (Å²) in [5.41, 5.74) is 2.29. The van der Waals surface area contributed by atoms with Gasteiger partial charge in [-0.05, 0) is 49.6 Å². The molecule has 0 radical (unpaired) electrons. The number of amides is 3. The van der Waals surface area contributed by atoms with Gasteiger partial charge in [0.2, 0.25) is 5.91 Å². The molecule has 1 fully saturated rings. The number of hydrogen-bond donors (Lipinski definition) is 2. The van der Waals surface area contributed by atoms with Crippen LogP contribution in [0.2, 0.25) is 5.02 Å². The molecule has 2 aromatic carbocycles. The summed E-state index contributed by atoms with van der Waals surface area (Å²) in [4.78, 5) is 26.7. The van der Waals surface area contributed by atoms with Gasteiger partial charge in [0.15, 0.2) is 0 Å². The molecule has 2 N–H and O–H groups in total. The third-order valence-corrected chi connectivity index (χ3v) is 4.69. The molecule has 3 amide bonds. The quantitative estimate of drug-likeness (QED) is 0.861. The van der Waals surface area contributed by atoms with E-state index in [1.54, 1.807) is 17.0 Å². The molecule has 5 nitrogen and oxygen atoms in total. The molecule has 0 saturated carbocycles. The smallest absolute Gasteiger partial charge is 0.322 e. The van der Waals surface area contributed by atoms with Gasteiger partial charge in [0.25, 0.3) is 0 Å². The van der Waals surface area contributed by atoms with Crippen LogP contribution in [0.25, 0.3) is 0 Å². The molecule has 3 rings (SSSR count). The zero-order valence-corrected chi connectivity index (χ0v) is 14.7. The lowest BCUT2D eigenvalue weighted by atomic mass is 10.2. The number of halogens is 1. The van der Waals surface area contributed by atoms with E-state index >= 15 is 0 Å². The maximum Gasteiger partial charge on any atom is 0.322 e. The highest BCUT2D eigenvalue weighted by Crippen LogP contribution is 2.23.